The molecule has 8 heteroatoms. The minimum absolute atomic E-state index is 0.126. The molecule has 4 nitrogen and oxygen atoms in total. The molecule has 0 heterocycles. The van der Waals surface area contributed by atoms with Crippen molar-refractivity contribution >= 4 is 56.5 Å². The zero-order valence-electron chi connectivity index (χ0n) is 11.3. The highest BCUT2D eigenvalue weighted by atomic mass is 79.9. The van der Waals surface area contributed by atoms with E-state index in [1.807, 2.05) is 0 Å². The van der Waals surface area contributed by atoms with Gasteiger partial charge < -0.3 is 11.1 Å². The Morgan fingerprint density at radius 3 is 2.29 bits per heavy atom. The number of nitrogens with two attached hydrogens (primary N) is 1. The van der Waals surface area contributed by atoms with Crippen molar-refractivity contribution in [1.29, 1.82) is 0 Å². The molecule has 1 rings (SSSR count). The number of hydrogen-bond acceptors (Lipinski definition) is 3. The summed E-state index contributed by atoms with van der Waals surface area (Å²) in [5.41, 5.74) is 4.54. The second-order valence-electron chi connectivity index (χ2n) is 4.66. The van der Waals surface area contributed by atoms with Crippen molar-refractivity contribution in [3.63, 3.8) is 0 Å². The summed E-state index contributed by atoms with van der Waals surface area (Å²) in [6.45, 7) is 3.11. The molecule has 0 aliphatic rings. The van der Waals surface area contributed by atoms with Crippen molar-refractivity contribution in [1.82, 2.24) is 5.32 Å². The monoisotopic (exact) mass is 398 g/mol. The average Bonchev–Trinajstić information content (AvgIpc) is 2.42. The van der Waals surface area contributed by atoms with E-state index in [1.54, 1.807) is 6.92 Å². The van der Waals surface area contributed by atoms with Crippen LogP contribution in [-0.2, 0) is 4.79 Å². The molecule has 1 amide bonds. The number of Topliss-reactive ketones (excluding diaryl/α,β-unsaturated/α-hetero) is 1. The van der Waals surface area contributed by atoms with Crippen LogP contribution in [-0.4, -0.2) is 22.3 Å². The molecule has 0 saturated carbocycles. The van der Waals surface area contributed by atoms with Gasteiger partial charge >= 0.3 is 0 Å². The number of ketones is 1. The fourth-order valence-corrected chi connectivity index (χ4v) is 2.60. The number of nitrogen functional groups attached to an aromatic ring is 1. The minimum atomic E-state index is -1.86. The molecule has 2 unspecified atom stereocenters. The molecule has 0 spiro atoms. The van der Waals surface area contributed by atoms with Crippen LogP contribution in [0.1, 0.15) is 30.6 Å². The Labute approximate surface area is 140 Å². The normalized spacial score (nSPS) is 15.1. The van der Waals surface area contributed by atoms with Crippen LogP contribution in [0, 0.1) is 0 Å². The molecule has 0 aliphatic heterocycles. The Morgan fingerprint density at radius 1 is 1.43 bits per heavy atom. The number of amides is 1. The summed E-state index contributed by atoms with van der Waals surface area (Å²) in [4.78, 5) is 24.0. The van der Waals surface area contributed by atoms with E-state index in [4.69, 9.17) is 28.9 Å². The number of halogens is 4. The Bertz CT molecular complexity index is 560. The molecule has 3 N–H and O–H groups in total. The van der Waals surface area contributed by atoms with Crippen LogP contribution >= 0.6 is 39.1 Å². The Morgan fingerprint density at radius 2 is 1.90 bits per heavy atom. The number of hydrogen-bond donors (Lipinski definition) is 2. The smallest absolute Gasteiger partial charge is 0.252 e. The van der Waals surface area contributed by atoms with Gasteiger partial charge in [-0.05, 0) is 41.4 Å². The lowest BCUT2D eigenvalue weighted by Gasteiger charge is -2.28. The maximum atomic E-state index is 13.2. The van der Waals surface area contributed by atoms with E-state index in [0.717, 1.165) is 0 Å². The summed E-state index contributed by atoms with van der Waals surface area (Å²) in [6, 6.07) is 2.67. The van der Waals surface area contributed by atoms with Gasteiger partial charge in [-0.25, -0.2) is 4.39 Å². The van der Waals surface area contributed by atoms with E-state index < -0.39 is 22.3 Å². The molecule has 0 aromatic heterocycles. The lowest BCUT2D eigenvalue weighted by Crippen LogP contribution is -2.53. The van der Waals surface area contributed by atoms with Gasteiger partial charge in [0.15, 0.2) is 0 Å². The second-order valence-corrected chi connectivity index (χ2v) is 6.28. The first-order valence-electron chi connectivity index (χ1n) is 6.02. The first-order chi connectivity index (χ1) is 9.62. The largest absolute Gasteiger partial charge is 0.396 e. The summed E-state index contributed by atoms with van der Waals surface area (Å²) >= 11 is 14.3. The molecule has 0 aliphatic carbocycles. The van der Waals surface area contributed by atoms with E-state index in [-0.39, 0.29) is 27.7 Å². The van der Waals surface area contributed by atoms with Crippen molar-refractivity contribution < 1.29 is 14.0 Å². The summed E-state index contributed by atoms with van der Waals surface area (Å²) in [7, 11) is 0. The van der Waals surface area contributed by atoms with Crippen LogP contribution in [0.3, 0.4) is 0 Å². The van der Waals surface area contributed by atoms with Gasteiger partial charge in [-0.1, -0.05) is 30.1 Å². The molecule has 2 atom stereocenters. The van der Waals surface area contributed by atoms with Gasteiger partial charge in [-0.3, -0.25) is 9.59 Å². The third-order valence-corrected chi connectivity index (χ3v) is 4.22. The van der Waals surface area contributed by atoms with Crippen LogP contribution in [0.15, 0.2) is 12.1 Å². The van der Waals surface area contributed by atoms with Gasteiger partial charge in [-0.15, -0.1) is 0 Å². The molecular weight excluding hydrogens is 386 g/mol. The SMILES string of the molecule is CCC(C)(NC(=O)c1cc(Cl)c(N)c(Cl)c1)C(=O)C(F)Br. The minimum Gasteiger partial charge on any atom is -0.396 e. The van der Waals surface area contributed by atoms with Gasteiger partial charge in [0.05, 0.1) is 21.3 Å². The van der Waals surface area contributed by atoms with Crippen molar-refractivity contribution in [2.75, 3.05) is 5.73 Å². The molecule has 21 heavy (non-hydrogen) atoms. The molecule has 0 radical (unpaired) electrons. The number of anilines is 1. The van der Waals surface area contributed by atoms with E-state index >= 15 is 0 Å². The summed E-state index contributed by atoms with van der Waals surface area (Å²) in [5, 5.41) is 0.890. The second kappa shape index (κ2) is 6.94. The predicted molar refractivity (Wildman–Crippen MR) is 85.9 cm³/mol. The zero-order chi connectivity index (χ0) is 16.4. The number of carbonyl (C=O) groups is 2. The molecule has 1 aromatic carbocycles. The lowest BCUT2D eigenvalue weighted by atomic mass is 9.93. The van der Waals surface area contributed by atoms with Gasteiger partial charge in [0.25, 0.3) is 5.91 Å². The molecule has 0 bridgehead atoms. The van der Waals surface area contributed by atoms with Crippen molar-refractivity contribution in [2.45, 2.75) is 30.9 Å². The van der Waals surface area contributed by atoms with Gasteiger partial charge in [0, 0.05) is 5.56 Å². The third kappa shape index (κ3) is 4.08. The average molecular weight is 400 g/mol. The van der Waals surface area contributed by atoms with Crippen molar-refractivity contribution in [2.24, 2.45) is 0 Å². The molecule has 116 valence electrons. The maximum Gasteiger partial charge on any atom is 0.252 e. The van der Waals surface area contributed by atoms with Crippen LogP contribution in [0.4, 0.5) is 10.1 Å². The molecule has 0 fully saturated rings. The van der Waals surface area contributed by atoms with E-state index in [2.05, 4.69) is 21.2 Å². The topological polar surface area (TPSA) is 72.2 Å². The highest BCUT2D eigenvalue weighted by Gasteiger charge is 2.37. The van der Waals surface area contributed by atoms with Crippen molar-refractivity contribution in [3.05, 3.63) is 27.7 Å². The van der Waals surface area contributed by atoms with Gasteiger partial charge in [-0.2, -0.15) is 0 Å². The van der Waals surface area contributed by atoms with Crippen LogP contribution in [0.2, 0.25) is 10.0 Å². The number of nitrogens with one attached hydrogen (secondary N) is 1. The number of benzene rings is 1. The van der Waals surface area contributed by atoms with E-state index in [1.165, 1.54) is 19.1 Å². The lowest BCUT2D eigenvalue weighted by molar-refractivity contribution is -0.126. The Hall–Kier alpha value is -0.850. The Kier molecular flexibility index (Phi) is 6.01. The first-order valence-corrected chi connectivity index (χ1v) is 7.69. The number of rotatable bonds is 5. The van der Waals surface area contributed by atoms with Crippen LogP contribution < -0.4 is 11.1 Å². The standard InChI is InChI=1S/C13H14BrCl2FN2O2/c1-3-13(2,10(20)11(14)17)19-12(21)6-4-7(15)9(18)8(16)5-6/h4-5,11H,3,18H2,1-2H3,(H,19,21). The zero-order valence-corrected chi connectivity index (χ0v) is 14.4. The fourth-order valence-electron chi connectivity index (χ4n) is 1.60. The van der Waals surface area contributed by atoms with Crippen LogP contribution in [0.25, 0.3) is 0 Å². The van der Waals surface area contributed by atoms with Gasteiger partial charge in [0.2, 0.25) is 10.9 Å². The highest BCUT2D eigenvalue weighted by molar-refractivity contribution is 9.09. The number of alkyl halides is 2. The fraction of sp³-hybridized carbons (Fsp3) is 0.385. The van der Waals surface area contributed by atoms with Crippen LogP contribution in [0.5, 0.6) is 0 Å². The molecular formula is C13H14BrCl2FN2O2. The van der Waals surface area contributed by atoms with Gasteiger partial charge in [0.1, 0.15) is 0 Å². The highest BCUT2D eigenvalue weighted by Crippen LogP contribution is 2.29. The summed E-state index contributed by atoms with van der Waals surface area (Å²) in [5.74, 6) is -1.37. The van der Waals surface area contributed by atoms with Crippen molar-refractivity contribution in [3.8, 4) is 0 Å². The predicted octanol–water partition coefficient (Wildman–Crippen LogP) is 3.73. The number of carbonyl (C=O) groups excluding carboxylic acids is 2. The quantitative estimate of drug-likeness (QED) is 0.585. The Balaban J connectivity index is 3.07. The summed E-state index contributed by atoms with van der Waals surface area (Å²) in [6.07, 6.45) is 0.222. The summed E-state index contributed by atoms with van der Waals surface area (Å²) < 4.78 is 13.2. The maximum absolute atomic E-state index is 13.2. The van der Waals surface area contributed by atoms with E-state index in [0.29, 0.717) is 0 Å². The molecule has 1 aromatic rings. The third-order valence-electron chi connectivity index (χ3n) is 3.18. The van der Waals surface area contributed by atoms with E-state index in [9.17, 15) is 14.0 Å². The molecule has 0 saturated heterocycles. The first kappa shape index (κ1) is 18.2.